The lowest BCUT2D eigenvalue weighted by molar-refractivity contribution is 0.173. The van der Waals surface area contributed by atoms with E-state index in [1.165, 1.54) is 12.7 Å². The van der Waals surface area contributed by atoms with Gasteiger partial charge in [0.1, 0.15) is 0 Å². The van der Waals surface area contributed by atoms with Crippen LogP contribution in [-0.2, 0) is 17.6 Å². The van der Waals surface area contributed by atoms with Crippen LogP contribution in [0.4, 0.5) is 4.79 Å². The number of para-hydroxylation sites is 1. The van der Waals surface area contributed by atoms with Crippen molar-refractivity contribution in [1.82, 2.24) is 4.57 Å². The van der Waals surface area contributed by atoms with Crippen molar-refractivity contribution < 1.29 is 9.53 Å². The molecule has 3 rings (SSSR count). The Balaban J connectivity index is 2.37. The van der Waals surface area contributed by atoms with Gasteiger partial charge < -0.3 is 4.74 Å². The van der Waals surface area contributed by atoms with Gasteiger partial charge in [-0.1, -0.05) is 30.4 Å². The highest BCUT2D eigenvalue weighted by atomic mass is 16.5. The topological polar surface area (TPSA) is 31.2 Å². The maximum Gasteiger partial charge on any atom is 0.418 e. The van der Waals surface area contributed by atoms with Gasteiger partial charge in [0.2, 0.25) is 0 Å². The van der Waals surface area contributed by atoms with E-state index in [0.717, 1.165) is 29.4 Å². The highest BCUT2D eigenvalue weighted by Gasteiger charge is 2.21. The summed E-state index contributed by atoms with van der Waals surface area (Å²) in [6.07, 6.45) is 5.62. The summed E-state index contributed by atoms with van der Waals surface area (Å²) < 4.78 is 6.56. The SMILES string of the molecule is COC(=O)n1c2c(c3ccccc31)CC=CC2. The summed E-state index contributed by atoms with van der Waals surface area (Å²) in [5, 5.41) is 1.15. The molecule has 0 saturated heterocycles. The molecular formula is C14H13NO2. The second-order valence-electron chi connectivity index (χ2n) is 4.13. The van der Waals surface area contributed by atoms with E-state index in [1.54, 1.807) is 4.57 Å². The van der Waals surface area contributed by atoms with Crippen LogP contribution in [0.2, 0.25) is 0 Å². The van der Waals surface area contributed by atoms with Gasteiger partial charge in [-0.15, -0.1) is 0 Å². The maximum atomic E-state index is 11.9. The Morgan fingerprint density at radius 3 is 2.82 bits per heavy atom. The number of rotatable bonds is 0. The summed E-state index contributed by atoms with van der Waals surface area (Å²) in [7, 11) is 1.42. The van der Waals surface area contributed by atoms with E-state index >= 15 is 0 Å². The van der Waals surface area contributed by atoms with Crippen LogP contribution in [0.3, 0.4) is 0 Å². The van der Waals surface area contributed by atoms with Gasteiger partial charge in [0, 0.05) is 17.5 Å². The molecule has 86 valence electrons. The second kappa shape index (κ2) is 3.77. The van der Waals surface area contributed by atoms with Gasteiger partial charge in [0.15, 0.2) is 0 Å². The Morgan fingerprint density at radius 2 is 2.00 bits per heavy atom. The van der Waals surface area contributed by atoms with Crippen molar-refractivity contribution in [3.8, 4) is 0 Å². The van der Waals surface area contributed by atoms with Crippen molar-refractivity contribution in [3.05, 3.63) is 47.7 Å². The Morgan fingerprint density at radius 1 is 1.24 bits per heavy atom. The van der Waals surface area contributed by atoms with Crippen LogP contribution in [0.15, 0.2) is 36.4 Å². The summed E-state index contributed by atoms with van der Waals surface area (Å²) >= 11 is 0. The molecule has 0 spiro atoms. The van der Waals surface area contributed by atoms with Crippen LogP contribution < -0.4 is 0 Å². The first-order valence-electron chi connectivity index (χ1n) is 5.67. The maximum absolute atomic E-state index is 11.9. The Bertz CT molecular complexity index is 622. The Hall–Kier alpha value is -2.03. The first-order chi connectivity index (χ1) is 8.33. The average Bonchev–Trinajstić information content (AvgIpc) is 2.72. The number of allylic oxidation sites excluding steroid dienone is 2. The van der Waals surface area contributed by atoms with Gasteiger partial charge in [0.25, 0.3) is 0 Å². The third kappa shape index (κ3) is 1.39. The van der Waals surface area contributed by atoms with Gasteiger partial charge in [0.05, 0.1) is 12.6 Å². The molecule has 17 heavy (non-hydrogen) atoms. The zero-order valence-corrected chi connectivity index (χ0v) is 9.64. The van der Waals surface area contributed by atoms with Crippen LogP contribution in [0.1, 0.15) is 11.3 Å². The minimum Gasteiger partial charge on any atom is -0.452 e. The van der Waals surface area contributed by atoms with Crippen LogP contribution in [0.5, 0.6) is 0 Å². The van der Waals surface area contributed by atoms with Gasteiger partial charge in [-0.05, 0) is 18.1 Å². The third-order valence-corrected chi connectivity index (χ3v) is 3.25. The zero-order chi connectivity index (χ0) is 11.8. The monoisotopic (exact) mass is 227 g/mol. The lowest BCUT2D eigenvalue weighted by Crippen LogP contribution is -2.15. The number of carbonyl (C=O) groups excluding carboxylic acids is 1. The van der Waals surface area contributed by atoms with Crippen LogP contribution in [-0.4, -0.2) is 17.8 Å². The van der Waals surface area contributed by atoms with Crippen LogP contribution >= 0.6 is 0 Å². The highest BCUT2D eigenvalue weighted by molar-refractivity contribution is 5.94. The van der Waals surface area contributed by atoms with E-state index in [1.807, 2.05) is 18.2 Å². The highest BCUT2D eigenvalue weighted by Crippen LogP contribution is 2.29. The fourth-order valence-corrected chi connectivity index (χ4v) is 2.50. The smallest absolute Gasteiger partial charge is 0.418 e. The molecule has 1 aromatic carbocycles. The molecule has 0 atom stereocenters. The average molecular weight is 227 g/mol. The molecule has 0 N–H and O–H groups in total. The molecule has 1 heterocycles. The molecule has 0 fully saturated rings. The minimum absolute atomic E-state index is 0.308. The molecule has 1 aromatic heterocycles. The molecule has 1 aliphatic carbocycles. The largest absolute Gasteiger partial charge is 0.452 e. The number of hydrogen-bond donors (Lipinski definition) is 0. The number of nitrogens with zero attached hydrogens (tertiary/aromatic N) is 1. The quantitative estimate of drug-likeness (QED) is 0.648. The van der Waals surface area contributed by atoms with E-state index in [9.17, 15) is 4.79 Å². The first kappa shape index (κ1) is 10.1. The van der Waals surface area contributed by atoms with Crippen molar-refractivity contribution in [2.24, 2.45) is 0 Å². The van der Waals surface area contributed by atoms with Crippen molar-refractivity contribution in [3.63, 3.8) is 0 Å². The molecular weight excluding hydrogens is 214 g/mol. The first-order valence-corrected chi connectivity index (χ1v) is 5.67. The predicted molar refractivity (Wildman–Crippen MR) is 66.3 cm³/mol. The number of ether oxygens (including phenoxy) is 1. The predicted octanol–water partition coefficient (Wildman–Crippen LogP) is 2.91. The molecule has 0 aliphatic heterocycles. The minimum atomic E-state index is -0.308. The number of benzene rings is 1. The zero-order valence-electron chi connectivity index (χ0n) is 9.64. The van der Waals surface area contributed by atoms with E-state index in [2.05, 4.69) is 18.2 Å². The Kier molecular flexibility index (Phi) is 2.25. The number of fused-ring (bicyclic) bond motifs is 3. The molecule has 0 unspecified atom stereocenters. The van der Waals surface area contributed by atoms with Crippen LogP contribution in [0, 0.1) is 0 Å². The molecule has 0 amide bonds. The number of aromatic nitrogens is 1. The van der Waals surface area contributed by atoms with Crippen molar-refractivity contribution in [1.29, 1.82) is 0 Å². The molecule has 0 saturated carbocycles. The van der Waals surface area contributed by atoms with E-state index in [-0.39, 0.29) is 6.09 Å². The van der Waals surface area contributed by atoms with E-state index in [4.69, 9.17) is 4.74 Å². The molecule has 2 aromatic rings. The fourth-order valence-electron chi connectivity index (χ4n) is 2.50. The van der Waals surface area contributed by atoms with Gasteiger partial charge in [-0.25, -0.2) is 9.36 Å². The number of methoxy groups -OCH3 is 1. The molecule has 0 radical (unpaired) electrons. The van der Waals surface area contributed by atoms with Gasteiger partial charge in [-0.2, -0.15) is 0 Å². The molecule has 1 aliphatic rings. The summed E-state index contributed by atoms with van der Waals surface area (Å²) in [4.78, 5) is 11.9. The van der Waals surface area contributed by atoms with Gasteiger partial charge >= 0.3 is 6.09 Å². The molecule has 3 nitrogen and oxygen atoms in total. The lowest BCUT2D eigenvalue weighted by Gasteiger charge is -2.10. The van der Waals surface area contributed by atoms with Crippen molar-refractivity contribution >= 4 is 17.0 Å². The van der Waals surface area contributed by atoms with Gasteiger partial charge in [-0.3, -0.25) is 0 Å². The van der Waals surface area contributed by atoms with Crippen molar-refractivity contribution in [2.75, 3.05) is 7.11 Å². The normalized spacial score (nSPS) is 13.7. The standard InChI is InChI=1S/C14H13NO2/c1-17-14(16)15-12-8-4-2-6-10(12)11-7-3-5-9-13(11)15/h2-6,8H,7,9H2,1H3. The molecule has 0 bridgehead atoms. The Labute approximate surface area is 99.3 Å². The van der Waals surface area contributed by atoms with E-state index in [0.29, 0.717) is 0 Å². The fraction of sp³-hybridized carbons (Fsp3) is 0.214. The third-order valence-electron chi connectivity index (χ3n) is 3.25. The van der Waals surface area contributed by atoms with Crippen molar-refractivity contribution in [2.45, 2.75) is 12.8 Å². The summed E-state index contributed by atoms with van der Waals surface area (Å²) in [6, 6.07) is 7.97. The van der Waals surface area contributed by atoms with Crippen LogP contribution in [0.25, 0.3) is 10.9 Å². The summed E-state index contributed by atoms with van der Waals surface area (Å²) in [5.74, 6) is 0. The number of hydrogen-bond acceptors (Lipinski definition) is 2. The number of carbonyl (C=O) groups is 1. The summed E-state index contributed by atoms with van der Waals surface area (Å²) in [5.41, 5.74) is 3.24. The second-order valence-corrected chi connectivity index (χ2v) is 4.13. The summed E-state index contributed by atoms with van der Waals surface area (Å²) in [6.45, 7) is 0. The molecule has 3 heteroatoms. The lowest BCUT2D eigenvalue weighted by atomic mass is 10.0. The van der Waals surface area contributed by atoms with E-state index < -0.39 is 0 Å².